The number of rotatable bonds is 2. The van der Waals surface area contributed by atoms with Gasteiger partial charge in [-0.3, -0.25) is 0 Å². The van der Waals surface area contributed by atoms with Crippen LogP contribution in [0.4, 0.5) is 0 Å². The molecule has 9 heteroatoms. The van der Waals surface area contributed by atoms with Gasteiger partial charge in [0.2, 0.25) is 5.28 Å². The molecule has 1 aliphatic heterocycles. The molecule has 14 heavy (non-hydrogen) atoms. The van der Waals surface area contributed by atoms with Crippen molar-refractivity contribution in [3.05, 3.63) is 5.21 Å². The van der Waals surface area contributed by atoms with Crippen molar-refractivity contribution in [2.75, 3.05) is 0 Å². The minimum Gasteiger partial charge on any atom is -0.569 e. The standard InChI is InChI=1S/C5H7Cl2N3O4/c6-3-1-2-5(7,4(11)12)9(3)10(14)8-13/h3,13H,1-2H2,(H,11,12)/b10-8-. The molecule has 0 bridgehead atoms. The number of hydrogen-bond acceptors (Lipinski definition) is 3. The van der Waals surface area contributed by atoms with Crippen LogP contribution in [0.15, 0.2) is 5.28 Å². The summed E-state index contributed by atoms with van der Waals surface area (Å²) < 4.78 is 0. The van der Waals surface area contributed by atoms with Crippen LogP contribution in [0.5, 0.6) is 0 Å². The van der Waals surface area contributed by atoms with Gasteiger partial charge in [0.15, 0.2) is 5.50 Å². The molecule has 0 aromatic rings. The van der Waals surface area contributed by atoms with Crippen LogP contribution in [0.2, 0.25) is 0 Å². The lowest BCUT2D eigenvalue weighted by Crippen LogP contribution is -2.50. The second kappa shape index (κ2) is 3.66. The SMILES string of the molecule is O=C(O)C1(Cl)CCC(Cl)N1/[N+]([O-])=N/O. The predicted molar refractivity (Wildman–Crippen MR) is 44.8 cm³/mol. The van der Waals surface area contributed by atoms with Crippen LogP contribution in [0.3, 0.4) is 0 Å². The van der Waals surface area contributed by atoms with E-state index in [1.165, 1.54) is 0 Å². The maximum Gasteiger partial charge on any atom is 0.351 e. The third kappa shape index (κ3) is 1.53. The lowest BCUT2D eigenvalue weighted by atomic mass is 10.2. The first-order chi connectivity index (χ1) is 6.43. The van der Waals surface area contributed by atoms with E-state index < -0.39 is 16.5 Å². The summed E-state index contributed by atoms with van der Waals surface area (Å²) in [6.45, 7) is 0. The molecule has 0 aromatic carbocycles. The van der Waals surface area contributed by atoms with Gasteiger partial charge in [-0.25, -0.2) is 4.79 Å². The highest BCUT2D eigenvalue weighted by Gasteiger charge is 2.56. The molecule has 0 amide bonds. The second-order valence-electron chi connectivity index (χ2n) is 2.72. The number of aliphatic carboxylic acids is 1. The number of halogens is 2. The Morgan fingerprint density at radius 2 is 2.36 bits per heavy atom. The molecule has 1 aliphatic rings. The highest BCUT2D eigenvalue weighted by atomic mass is 35.5. The maximum absolute atomic E-state index is 10.9. The number of carboxylic acids is 1. The second-order valence-corrected chi connectivity index (χ2v) is 3.85. The van der Waals surface area contributed by atoms with Crippen LogP contribution < -0.4 is 0 Å². The van der Waals surface area contributed by atoms with Crippen LogP contribution in [-0.4, -0.2) is 36.8 Å². The van der Waals surface area contributed by atoms with Gasteiger partial charge in [-0.05, 0) is 6.42 Å². The smallest absolute Gasteiger partial charge is 0.351 e. The van der Waals surface area contributed by atoms with Gasteiger partial charge in [-0.2, -0.15) is 0 Å². The number of hydrogen-bond donors (Lipinski definition) is 2. The summed E-state index contributed by atoms with van der Waals surface area (Å²) in [5, 5.41) is 30.8. The first kappa shape index (κ1) is 11.1. The van der Waals surface area contributed by atoms with Crippen molar-refractivity contribution in [3.8, 4) is 0 Å². The van der Waals surface area contributed by atoms with Crippen molar-refractivity contribution < 1.29 is 20.1 Å². The van der Waals surface area contributed by atoms with Crippen molar-refractivity contribution in [1.29, 1.82) is 0 Å². The minimum atomic E-state index is -1.94. The van der Waals surface area contributed by atoms with Crippen LogP contribution >= 0.6 is 23.2 Å². The van der Waals surface area contributed by atoms with Gasteiger partial charge >= 0.3 is 5.97 Å². The largest absolute Gasteiger partial charge is 0.569 e. The average molecular weight is 244 g/mol. The zero-order chi connectivity index (χ0) is 10.9. The van der Waals surface area contributed by atoms with Crippen molar-refractivity contribution in [2.24, 2.45) is 5.28 Å². The number of carbonyl (C=O) groups is 1. The Kier molecular flexibility index (Phi) is 2.91. The van der Waals surface area contributed by atoms with Crippen LogP contribution in [0, 0.1) is 5.21 Å². The fraction of sp³-hybridized carbons (Fsp3) is 0.800. The normalized spacial score (nSPS) is 33.4. The molecule has 2 atom stereocenters. The van der Waals surface area contributed by atoms with E-state index >= 15 is 0 Å². The van der Waals surface area contributed by atoms with Crippen LogP contribution in [0.25, 0.3) is 0 Å². The van der Waals surface area contributed by atoms with Gasteiger partial charge in [0.25, 0.3) is 5.00 Å². The van der Waals surface area contributed by atoms with Crippen molar-refractivity contribution in [2.45, 2.75) is 23.3 Å². The van der Waals surface area contributed by atoms with E-state index in [2.05, 4.69) is 5.28 Å². The Bertz CT molecular complexity index is 286. The monoisotopic (exact) mass is 243 g/mol. The minimum absolute atomic E-state index is 0.00762. The first-order valence-corrected chi connectivity index (χ1v) is 4.43. The molecule has 2 unspecified atom stereocenters. The molecule has 1 saturated heterocycles. The fourth-order valence-corrected chi connectivity index (χ4v) is 1.95. The maximum atomic E-state index is 10.9. The third-order valence-electron chi connectivity index (χ3n) is 1.93. The molecule has 1 rings (SSSR count). The number of carboxylic acid groups (broad SMARTS) is 1. The van der Waals surface area contributed by atoms with E-state index in [0.717, 1.165) is 0 Å². The van der Waals surface area contributed by atoms with E-state index in [1.54, 1.807) is 0 Å². The zero-order valence-corrected chi connectivity index (χ0v) is 8.31. The Labute approximate surface area is 88.6 Å². The molecule has 0 aromatic heterocycles. The highest BCUT2D eigenvalue weighted by Crippen LogP contribution is 2.39. The summed E-state index contributed by atoms with van der Waals surface area (Å²) >= 11 is 11.3. The fourth-order valence-electron chi connectivity index (χ4n) is 1.26. The van der Waals surface area contributed by atoms with E-state index in [9.17, 15) is 10.0 Å². The summed E-state index contributed by atoms with van der Waals surface area (Å²) in [5.41, 5.74) is -0.906. The number of hydrazine groups is 1. The van der Waals surface area contributed by atoms with E-state index in [1.807, 2.05) is 0 Å². The van der Waals surface area contributed by atoms with Gasteiger partial charge in [0.1, 0.15) is 0 Å². The Morgan fingerprint density at radius 3 is 2.79 bits per heavy atom. The first-order valence-electron chi connectivity index (χ1n) is 3.61. The van der Waals surface area contributed by atoms with Gasteiger partial charge in [0.05, 0.1) is 4.97 Å². The molecule has 1 fully saturated rings. The van der Waals surface area contributed by atoms with Crippen molar-refractivity contribution >= 4 is 29.2 Å². The van der Waals surface area contributed by atoms with Crippen LogP contribution in [-0.2, 0) is 4.79 Å². The third-order valence-corrected chi connectivity index (χ3v) is 2.86. The molecule has 80 valence electrons. The average Bonchev–Trinajstić information content (AvgIpc) is 2.43. The molecule has 0 saturated carbocycles. The molecule has 1 heterocycles. The molecule has 2 N–H and O–H groups in total. The summed E-state index contributed by atoms with van der Waals surface area (Å²) in [6, 6.07) is 0. The van der Waals surface area contributed by atoms with E-state index in [-0.39, 0.29) is 17.8 Å². The zero-order valence-electron chi connectivity index (χ0n) is 6.80. The van der Waals surface area contributed by atoms with Gasteiger partial charge in [0, 0.05) is 6.42 Å². The Morgan fingerprint density at radius 1 is 1.79 bits per heavy atom. The highest BCUT2D eigenvalue weighted by molar-refractivity contribution is 6.34. The lowest BCUT2D eigenvalue weighted by molar-refractivity contribution is -0.717. The van der Waals surface area contributed by atoms with Crippen molar-refractivity contribution in [1.82, 2.24) is 5.01 Å². The van der Waals surface area contributed by atoms with Gasteiger partial charge in [-0.15, -0.1) is 0 Å². The Hall–Kier alpha value is -0.950. The summed E-state index contributed by atoms with van der Waals surface area (Å²) in [5.74, 6) is -1.41. The predicted octanol–water partition coefficient (Wildman–Crippen LogP) is 0.933. The summed E-state index contributed by atoms with van der Waals surface area (Å²) in [7, 11) is 0. The number of alkyl halides is 2. The lowest BCUT2D eigenvalue weighted by Gasteiger charge is -2.25. The molecule has 0 aliphatic carbocycles. The molecular formula is C5H7Cl2N3O4. The van der Waals surface area contributed by atoms with Crippen molar-refractivity contribution in [3.63, 3.8) is 0 Å². The molecule has 7 nitrogen and oxygen atoms in total. The summed E-state index contributed by atoms with van der Waals surface area (Å²) in [4.78, 5) is 8.51. The summed E-state index contributed by atoms with van der Waals surface area (Å²) in [6.07, 6.45) is 0.206. The number of nitrogens with zero attached hydrogens (tertiary/aromatic N) is 3. The topological polar surface area (TPSA) is 99.2 Å². The molecular weight excluding hydrogens is 237 g/mol. The molecule has 0 spiro atoms. The Balaban J connectivity index is 3.04. The van der Waals surface area contributed by atoms with Gasteiger partial charge < -0.3 is 15.5 Å². The van der Waals surface area contributed by atoms with E-state index in [4.69, 9.17) is 33.5 Å². The van der Waals surface area contributed by atoms with Gasteiger partial charge in [-0.1, -0.05) is 28.2 Å². The molecule has 0 radical (unpaired) electrons. The van der Waals surface area contributed by atoms with Crippen LogP contribution in [0.1, 0.15) is 12.8 Å². The van der Waals surface area contributed by atoms with E-state index in [0.29, 0.717) is 5.01 Å². The quantitative estimate of drug-likeness (QED) is 0.247.